The molecule has 88 valence electrons. The molecule has 0 aromatic carbocycles. The highest BCUT2D eigenvalue weighted by Crippen LogP contribution is 2.10. The predicted molar refractivity (Wildman–Crippen MR) is 67.4 cm³/mol. The zero-order chi connectivity index (χ0) is 12.1. The first kappa shape index (κ1) is 11.8. The average molecular weight is 295 g/mol. The van der Waals surface area contributed by atoms with Gasteiger partial charge >= 0.3 is 0 Å². The molecule has 17 heavy (non-hydrogen) atoms. The summed E-state index contributed by atoms with van der Waals surface area (Å²) >= 11 is 3.25. The molecule has 0 fully saturated rings. The van der Waals surface area contributed by atoms with Crippen molar-refractivity contribution < 1.29 is 4.79 Å². The van der Waals surface area contributed by atoms with Crippen molar-refractivity contribution in [3.05, 3.63) is 41.3 Å². The lowest BCUT2D eigenvalue weighted by atomic mass is 10.4. The number of nitrogens with one attached hydrogen (secondary N) is 1. The highest BCUT2D eigenvalue weighted by atomic mass is 79.9. The Morgan fingerprint density at radius 1 is 1.41 bits per heavy atom. The van der Waals surface area contributed by atoms with Gasteiger partial charge in [-0.2, -0.15) is 5.10 Å². The molecule has 6 heteroatoms. The fourth-order valence-corrected chi connectivity index (χ4v) is 1.68. The molecule has 0 unspecified atom stereocenters. The molecule has 5 nitrogen and oxygen atoms in total. The third kappa shape index (κ3) is 3.67. The Labute approximate surface area is 107 Å². The Hall–Kier alpha value is -1.69. The summed E-state index contributed by atoms with van der Waals surface area (Å²) < 4.78 is 2.41. The van der Waals surface area contributed by atoms with E-state index < -0.39 is 0 Å². The number of anilines is 1. The van der Waals surface area contributed by atoms with Crippen molar-refractivity contribution >= 4 is 27.7 Å². The van der Waals surface area contributed by atoms with E-state index in [4.69, 9.17) is 0 Å². The summed E-state index contributed by atoms with van der Waals surface area (Å²) in [4.78, 5) is 15.7. The summed E-state index contributed by atoms with van der Waals surface area (Å²) in [5, 5.41) is 6.75. The zero-order valence-electron chi connectivity index (χ0n) is 9.01. The van der Waals surface area contributed by atoms with Gasteiger partial charge < -0.3 is 5.32 Å². The van der Waals surface area contributed by atoms with Crippen molar-refractivity contribution in [3.63, 3.8) is 0 Å². The van der Waals surface area contributed by atoms with Crippen LogP contribution in [0, 0.1) is 0 Å². The van der Waals surface area contributed by atoms with Crippen molar-refractivity contribution in [2.24, 2.45) is 0 Å². The third-order valence-corrected chi connectivity index (χ3v) is 2.55. The molecule has 0 spiro atoms. The first-order chi connectivity index (χ1) is 8.24. The molecule has 0 saturated heterocycles. The van der Waals surface area contributed by atoms with Crippen LogP contribution in [0.4, 0.5) is 5.82 Å². The molecule has 0 radical (unpaired) electrons. The lowest BCUT2D eigenvalue weighted by Crippen LogP contribution is -2.15. The number of nitrogens with zero attached hydrogens (tertiary/aromatic N) is 3. The number of carbonyl (C=O) groups excluding carboxylic acids is 1. The molecule has 2 aromatic heterocycles. The van der Waals surface area contributed by atoms with E-state index in [0.29, 0.717) is 23.4 Å². The Balaban J connectivity index is 1.85. The number of carbonyl (C=O) groups is 1. The maximum absolute atomic E-state index is 11.6. The number of pyridine rings is 1. The van der Waals surface area contributed by atoms with E-state index in [2.05, 4.69) is 31.3 Å². The highest BCUT2D eigenvalue weighted by molar-refractivity contribution is 9.10. The van der Waals surface area contributed by atoms with Gasteiger partial charge in [-0.25, -0.2) is 4.98 Å². The number of halogens is 1. The molecule has 0 bridgehead atoms. The maximum atomic E-state index is 11.6. The van der Waals surface area contributed by atoms with Crippen LogP contribution in [0.15, 0.2) is 41.3 Å². The topological polar surface area (TPSA) is 59.8 Å². The van der Waals surface area contributed by atoms with E-state index in [-0.39, 0.29) is 5.91 Å². The first-order valence-corrected chi connectivity index (χ1v) is 5.93. The molecule has 2 rings (SSSR count). The van der Waals surface area contributed by atoms with Crippen LogP contribution in [-0.4, -0.2) is 20.7 Å². The number of rotatable bonds is 4. The Morgan fingerprint density at radius 3 is 3.00 bits per heavy atom. The average Bonchev–Trinajstić information content (AvgIpc) is 2.79. The van der Waals surface area contributed by atoms with Crippen molar-refractivity contribution in [3.8, 4) is 0 Å². The number of aryl methyl sites for hydroxylation is 1. The largest absolute Gasteiger partial charge is 0.311 e. The summed E-state index contributed by atoms with van der Waals surface area (Å²) in [6.45, 7) is 0.562. The number of aromatic nitrogens is 3. The molecule has 1 amide bonds. The second kappa shape index (κ2) is 5.58. The van der Waals surface area contributed by atoms with Gasteiger partial charge in [-0.1, -0.05) is 6.07 Å². The van der Waals surface area contributed by atoms with E-state index in [9.17, 15) is 4.79 Å². The smallest absolute Gasteiger partial charge is 0.227 e. The van der Waals surface area contributed by atoms with Gasteiger partial charge in [0.05, 0.1) is 0 Å². The summed E-state index contributed by atoms with van der Waals surface area (Å²) in [6, 6.07) is 7.20. The number of hydrogen-bond donors (Lipinski definition) is 1. The van der Waals surface area contributed by atoms with E-state index in [1.54, 1.807) is 23.0 Å². The zero-order valence-corrected chi connectivity index (χ0v) is 10.6. The summed E-state index contributed by atoms with van der Waals surface area (Å²) in [7, 11) is 0. The van der Waals surface area contributed by atoms with E-state index >= 15 is 0 Å². The summed E-state index contributed by atoms with van der Waals surface area (Å²) in [5.41, 5.74) is 0. The fourth-order valence-electron chi connectivity index (χ4n) is 1.33. The second-order valence-electron chi connectivity index (χ2n) is 3.41. The van der Waals surface area contributed by atoms with Crippen molar-refractivity contribution in [1.82, 2.24) is 14.8 Å². The van der Waals surface area contributed by atoms with Crippen LogP contribution in [0.1, 0.15) is 6.42 Å². The number of hydrogen-bond acceptors (Lipinski definition) is 3. The van der Waals surface area contributed by atoms with Gasteiger partial charge in [0.15, 0.2) is 0 Å². The third-order valence-electron chi connectivity index (χ3n) is 2.11. The predicted octanol–water partition coefficient (Wildman–Crippen LogP) is 2.07. The Bertz CT molecular complexity index is 498. The SMILES string of the molecule is O=C(CCn1cccn1)Nc1cccc(Br)n1. The lowest BCUT2D eigenvalue weighted by Gasteiger charge is -2.04. The van der Waals surface area contributed by atoms with Gasteiger partial charge in [-0.3, -0.25) is 9.48 Å². The molecular weight excluding hydrogens is 284 g/mol. The minimum absolute atomic E-state index is 0.0777. The molecule has 2 heterocycles. The van der Waals surface area contributed by atoms with Crippen LogP contribution < -0.4 is 5.32 Å². The molecule has 1 N–H and O–H groups in total. The van der Waals surface area contributed by atoms with Crippen LogP contribution in [0.5, 0.6) is 0 Å². The quantitative estimate of drug-likeness (QED) is 0.878. The molecule has 0 aliphatic heterocycles. The highest BCUT2D eigenvalue weighted by Gasteiger charge is 2.03. The van der Waals surface area contributed by atoms with Crippen LogP contribution in [-0.2, 0) is 11.3 Å². The van der Waals surface area contributed by atoms with E-state index in [1.807, 2.05) is 18.3 Å². The minimum Gasteiger partial charge on any atom is -0.311 e. The summed E-state index contributed by atoms with van der Waals surface area (Å²) in [6.07, 6.45) is 3.88. The van der Waals surface area contributed by atoms with Gasteiger partial charge in [-0.15, -0.1) is 0 Å². The Morgan fingerprint density at radius 2 is 2.29 bits per heavy atom. The van der Waals surface area contributed by atoms with Crippen molar-refractivity contribution in [2.75, 3.05) is 5.32 Å². The fraction of sp³-hybridized carbons (Fsp3) is 0.182. The molecule has 0 saturated carbocycles. The molecule has 0 aliphatic carbocycles. The second-order valence-corrected chi connectivity index (χ2v) is 4.23. The van der Waals surface area contributed by atoms with Crippen LogP contribution in [0.3, 0.4) is 0 Å². The maximum Gasteiger partial charge on any atom is 0.227 e. The lowest BCUT2D eigenvalue weighted by molar-refractivity contribution is -0.116. The van der Waals surface area contributed by atoms with Crippen LogP contribution >= 0.6 is 15.9 Å². The van der Waals surface area contributed by atoms with Gasteiger partial charge in [0, 0.05) is 25.4 Å². The standard InChI is InChI=1S/C11H11BrN4O/c12-9-3-1-4-10(14-9)15-11(17)5-8-16-7-2-6-13-16/h1-4,6-7H,5,8H2,(H,14,15,17). The first-order valence-electron chi connectivity index (χ1n) is 5.14. The molecule has 0 atom stereocenters. The number of amides is 1. The summed E-state index contributed by atoms with van der Waals surface area (Å²) in [5.74, 6) is 0.468. The Kier molecular flexibility index (Phi) is 3.87. The van der Waals surface area contributed by atoms with E-state index in [1.165, 1.54) is 0 Å². The molecule has 0 aliphatic rings. The molecule has 2 aromatic rings. The van der Waals surface area contributed by atoms with Gasteiger partial charge in [-0.05, 0) is 34.1 Å². The van der Waals surface area contributed by atoms with Gasteiger partial charge in [0.2, 0.25) is 5.91 Å². The minimum atomic E-state index is -0.0777. The van der Waals surface area contributed by atoms with Crippen LogP contribution in [0.25, 0.3) is 0 Å². The monoisotopic (exact) mass is 294 g/mol. The molecular formula is C11H11BrN4O. The normalized spacial score (nSPS) is 10.2. The van der Waals surface area contributed by atoms with Crippen molar-refractivity contribution in [2.45, 2.75) is 13.0 Å². The van der Waals surface area contributed by atoms with Crippen LogP contribution in [0.2, 0.25) is 0 Å². The van der Waals surface area contributed by atoms with E-state index in [0.717, 1.165) is 0 Å². The van der Waals surface area contributed by atoms with Gasteiger partial charge in [0.25, 0.3) is 0 Å². The van der Waals surface area contributed by atoms with Crippen molar-refractivity contribution in [1.29, 1.82) is 0 Å². The van der Waals surface area contributed by atoms with Gasteiger partial charge in [0.1, 0.15) is 10.4 Å².